The first-order valence-corrected chi connectivity index (χ1v) is 8.98. The molecule has 0 unspecified atom stereocenters. The first-order chi connectivity index (χ1) is 12.5. The molecule has 6 nitrogen and oxygen atoms in total. The second kappa shape index (κ2) is 12.2. The summed E-state index contributed by atoms with van der Waals surface area (Å²) in [7, 11) is 1.52. The van der Waals surface area contributed by atoms with Crippen molar-refractivity contribution >= 4 is 23.2 Å². The van der Waals surface area contributed by atoms with E-state index in [4.69, 9.17) is 21.1 Å². The van der Waals surface area contributed by atoms with Crippen LogP contribution in [-0.2, 0) is 9.53 Å². The van der Waals surface area contributed by atoms with Gasteiger partial charge in [0.05, 0.1) is 12.8 Å². The third-order valence-electron chi connectivity index (χ3n) is 3.61. The van der Waals surface area contributed by atoms with Gasteiger partial charge >= 0.3 is 0 Å². The van der Waals surface area contributed by atoms with E-state index in [2.05, 4.69) is 17.6 Å². The number of amides is 1. The number of anilines is 1. The molecule has 1 aromatic rings. The van der Waals surface area contributed by atoms with E-state index in [9.17, 15) is 10.1 Å². The number of aryl methyl sites for hydroxylation is 1. The van der Waals surface area contributed by atoms with Gasteiger partial charge in [0, 0.05) is 37.0 Å². The number of ether oxygens (including phenoxy) is 2. The van der Waals surface area contributed by atoms with Crippen molar-refractivity contribution in [3.63, 3.8) is 0 Å². The summed E-state index contributed by atoms with van der Waals surface area (Å²) in [5, 5.41) is 15.4. The van der Waals surface area contributed by atoms with Gasteiger partial charge in [0.25, 0.3) is 5.91 Å². The van der Waals surface area contributed by atoms with Crippen LogP contribution in [0.4, 0.5) is 5.69 Å². The Morgan fingerprint density at radius 2 is 2.08 bits per heavy atom. The summed E-state index contributed by atoms with van der Waals surface area (Å²) in [5.74, 6) is 0.0944. The monoisotopic (exact) mass is 379 g/mol. The largest absolute Gasteiger partial charge is 0.495 e. The molecule has 0 aromatic heterocycles. The van der Waals surface area contributed by atoms with E-state index in [1.54, 1.807) is 12.1 Å². The molecule has 1 rings (SSSR count). The first-order valence-electron chi connectivity index (χ1n) is 8.60. The normalized spacial score (nSPS) is 11.0. The lowest BCUT2D eigenvalue weighted by molar-refractivity contribution is -0.117. The second-order valence-corrected chi connectivity index (χ2v) is 6.10. The van der Waals surface area contributed by atoms with E-state index in [0.717, 1.165) is 25.0 Å². The molecular formula is C19H26ClN3O3. The number of hydrogen-bond donors (Lipinski definition) is 2. The highest BCUT2D eigenvalue weighted by atomic mass is 35.5. The number of nitrogens with zero attached hydrogens (tertiary/aromatic N) is 1. The third-order valence-corrected chi connectivity index (χ3v) is 4.02. The van der Waals surface area contributed by atoms with Crippen LogP contribution in [0.1, 0.15) is 31.7 Å². The summed E-state index contributed by atoms with van der Waals surface area (Å²) < 4.78 is 10.7. The highest BCUT2D eigenvalue weighted by Crippen LogP contribution is 2.31. The van der Waals surface area contributed by atoms with Gasteiger partial charge in [-0.25, -0.2) is 0 Å². The van der Waals surface area contributed by atoms with Crippen molar-refractivity contribution in [3.8, 4) is 11.8 Å². The number of nitrogens with one attached hydrogen (secondary N) is 2. The van der Waals surface area contributed by atoms with Gasteiger partial charge in [0.15, 0.2) is 0 Å². The van der Waals surface area contributed by atoms with Gasteiger partial charge < -0.3 is 20.1 Å². The van der Waals surface area contributed by atoms with E-state index in [0.29, 0.717) is 36.0 Å². The molecule has 0 heterocycles. The Morgan fingerprint density at radius 3 is 2.73 bits per heavy atom. The minimum absolute atomic E-state index is 0.0217. The third kappa shape index (κ3) is 7.34. The summed E-state index contributed by atoms with van der Waals surface area (Å²) in [6.07, 6.45) is 4.19. The maximum Gasteiger partial charge on any atom is 0.263 e. The predicted octanol–water partition coefficient (Wildman–Crippen LogP) is 3.80. The van der Waals surface area contributed by atoms with Crippen molar-refractivity contribution in [1.29, 1.82) is 5.26 Å². The smallest absolute Gasteiger partial charge is 0.263 e. The van der Waals surface area contributed by atoms with Crippen molar-refractivity contribution in [1.82, 2.24) is 5.32 Å². The predicted molar refractivity (Wildman–Crippen MR) is 103 cm³/mol. The van der Waals surface area contributed by atoms with Crippen LogP contribution in [0.15, 0.2) is 23.9 Å². The van der Waals surface area contributed by atoms with E-state index in [1.807, 2.05) is 13.0 Å². The van der Waals surface area contributed by atoms with Crippen LogP contribution in [0.2, 0.25) is 5.02 Å². The molecule has 0 fully saturated rings. The minimum Gasteiger partial charge on any atom is -0.495 e. The van der Waals surface area contributed by atoms with Crippen LogP contribution < -0.4 is 15.4 Å². The molecule has 7 heteroatoms. The number of carbonyl (C=O) groups is 1. The summed E-state index contributed by atoms with van der Waals surface area (Å²) in [6.45, 7) is 5.74. The standard InChI is InChI=1S/C19H26ClN3O3/c1-4-5-8-26-9-6-7-22-19(24)15(12-21)13-23-17-10-14(2)16(20)11-18(17)25-3/h10-11,13,23H,4-9H2,1-3H3,(H,22,24)/b15-13-. The van der Waals surface area contributed by atoms with Gasteiger partial charge in [0.1, 0.15) is 17.4 Å². The fourth-order valence-electron chi connectivity index (χ4n) is 2.06. The molecule has 0 spiro atoms. The number of methoxy groups -OCH3 is 1. The minimum atomic E-state index is -0.432. The summed E-state index contributed by atoms with van der Waals surface area (Å²) in [6, 6.07) is 5.36. The van der Waals surface area contributed by atoms with Gasteiger partial charge in [-0.2, -0.15) is 5.26 Å². The van der Waals surface area contributed by atoms with Gasteiger partial charge in [-0.1, -0.05) is 24.9 Å². The van der Waals surface area contributed by atoms with E-state index < -0.39 is 5.91 Å². The fraction of sp³-hybridized carbons (Fsp3) is 0.474. The molecule has 0 radical (unpaired) electrons. The number of benzene rings is 1. The van der Waals surface area contributed by atoms with Gasteiger partial charge in [-0.3, -0.25) is 4.79 Å². The lowest BCUT2D eigenvalue weighted by Crippen LogP contribution is -2.26. The molecule has 1 amide bonds. The lowest BCUT2D eigenvalue weighted by atomic mass is 10.2. The molecule has 0 saturated carbocycles. The zero-order valence-corrected chi connectivity index (χ0v) is 16.3. The van der Waals surface area contributed by atoms with Crippen LogP contribution in [0.25, 0.3) is 0 Å². The van der Waals surface area contributed by atoms with E-state index in [1.165, 1.54) is 13.3 Å². The van der Waals surface area contributed by atoms with Gasteiger partial charge in [0.2, 0.25) is 0 Å². The van der Waals surface area contributed by atoms with Crippen LogP contribution in [0.3, 0.4) is 0 Å². The summed E-state index contributed by atoms with van der Waals surface area (Å²) in [4.78, 5) is 12.1. The van der Waals surface area contributed by atoms with Crippen LogP contribution >= 0.6 is 11.6 Å². The Bertz CT molecular complexity index is 669. The lowest BCUT2D eigenvalue weighted by Gasteiger charge is -2.11. The Balaban J connectivity index is 2.56. The van der Waals surface area contributed by atoms with E-state index >= 15 is 0 Å². The maximum atomic E-state index is 12.1. The summed E-state index contributed by atoms with van der Waals surface area (Å²) in [5.41, 5.74) is 1.46. The molecule has 0 aliphatic rings. The molecular weight excluding hydrogens is 354 g/mol. The Morgan fingerprint density at radius 1 is 1.35 bits per heavy atom. The first kappa shape index (κ1) is 21.8. The molecule has 0 bridgehead atoms. The number of carbonyl (C=O) groups excluding carboxylic acids is 1. The molecule has 142 valence electrons. The SMILES string of the molecule is CCCCOCCCNC(=O)/C(C#N)=C\Nc1cc(C)c(Cl)cc1OC. The topological polar surface area (TPSA) is 83.4 Å². The zero-order chi connectivity index (χ0) is 19.4. The maximum absolute atomic E-state index is 12.1. The highest BCUT2D eigenvalue weighted by molar-refractivity contribution is 6.31. The van der Waals surface area contributed by atoms with Crippen molar-refractivity contribution < 1.29 is 14.3 Å². The average Bonchev–Trinajstić information content (AvgIpc) is 2.63. The molecule has 0 atom stereocenters. The van der Waals surface area contributed by atoms with E-state index in [-0.39, 0.29) is 5.57 Å². The Hall–Kier alpha value is -2.23. The van der Waals surface area contributed by atoms with Gasteiger partial charge in [-0.05, 0) is 31.4 Å². The highest BCUT2D eigenvalue weighted by Gasteiger charge is 2.10. The molecule has 1 aromatic carbocycles. The number of rotatable bonds is 11. The number of nitriles is 1. The van der Waals surface area contributed by atoms with Gasteiger partial charge in [-0.15, -0.1) is 0 Å². The van der Waals surface area contributed by atoms with Crippen molar-refractivity contribution in [2.24, 2.45) is 0 Å². The van der Waals surface area contributed by atoms with Crippen molar-refractivity contribution in [3.05, 3.63) is 34.5 Å². The van der Waals surface area contributed by atoms with Crippen LogP contribution in [0, 0.1) is 18.3 Å². The Kier molecular flexibility index (Phi) is 10.2. The van der Waals surface area contributed by atoms with Crippen molar-refractivity contribution in [2.75, 3.05) is 32.2 Å². The quantitative estimate of drug-likeness (QED) is 0.347. The molecule has 0 aliphatic carbocycles. The second-order valence-electron chi connectivity index (χ2n) is 5.69. The van der Waals surface area contributed by atoms with Crippen LogP contribution in [0.5, 0.6) is 5.75 Å². The molecule has 0 aliphatic heterocycles. The number of hydrogen-bond acceptors (Lipinski definition) is 5. The molecule has 2 N–H and O–H groups in total. The number of halogens is 1. The zero-order valence-electron chi connectivity index (χ0n) is 15.5. The van der Waals surface area contributed by atoms with Crippen molar-refractivity contribution in [2.45, 2.75) is 33.1 Å². The number of unbranched alkanes of at least 4 members (excludes halogenated alkanes) is 1. The summed E-state index contributed by atoms with van der Waals surface area (Å²) >= 11 is 6.07. The van der Waals surface area contributed by atoms with Crippen LogP contribution in [-0.4, -0.2) is 32.8 Å². The molecule has 26 heavy (non-hydrogen) atoms. The fourth-order valence-corrected chi connectivity index (χ4v) is 2.22. The average molecular weight is 380 g/mol. The Labute approximate surface area is 160 Å². The molecule has 0 saturated heterocycles.